The maximum atomic E-state index is 14.1. The van der Waals surface area contributed by atoms with Gasteiger partial charge >= 0.3 is 12.1 Å². The third-order valence-corrected chi connectivity index (χ3v) is 4.22. The lowest BCUT2D eigenvalue weighted by Gasteiger charge is -2.13. The van der Waals surface area contributed by atoms with Crippen molar-refractivity contribution in [3.05, 3.63) is 87.5 Å². The average Bonchev–Trinajstić information content (AvgIpc) is 2.69. The molecule has 6 nitrogen and oxygen atoms in total. The zero-order valence-electron chi connectivity index (χ0n) is 15.2. The molecule has 0 aromatic heterocycles. The Morgan fingerprint density at radius 1 is 1.13 bits per heavy atom. The van der Waals surface area contributed by atoms with Gasteiger partial charge in [0.25, 0.3) is 5.69 Å². The number of carboxylic acid groups (broad SMARTS) is 1. The number of carboxylic acids is 1. The smallest absolute Gasteiger partial charge is 0.416 e. The van der Waals surface area contributed by atoms with Gasteiger partial charge in [-0.3, -0.25) is 19.7 Å². The van der Waals surface area contributed by atoms with Crippen LogP contribution in [-0.2, 0) is 15.8 Å². The Morgan fingerprint density at radius 2 is 1.77 bits per heavy atom. The Hall–Kier alpha value is -3.56. The number of allylic oxidation sites excluding steroid dienone is 2. The van der Waals surface area contributed by atoms with Gasteiger partial charge in [0.1, 0.15) is 0 Å². The van der Waals surface area contributed by atoms with E-state index in [1.54, 1.807) is 6.07 Å². The summed E-state index contributed by atoms with van der Waals surface area (Å²) in [7, 11) is 0. The van der Waals surface area contributed by atoms with E-state index in [0.29, 0.717) is 6.07 Å². The van der Waals surface area contributed by atoms with E-state index < -0.39 is 58.2 Å². The van der Waals surface area contributed by atoms with Gasteiger partial charge in [0.2, 0.25) is 0 Å². The maximum absolute atomic E-state index is 14.1. The van der Waals surface area contributed by atoms with E-state index in [1.807, 2.05) is 0 Å². The molecule has 2 aromatic carbocycles. The third-order valence-electron chi connectivity index (χ3n) is 4.22. The molecule has 2 aromatic rings. The number of nitro groups is 1. The maximum Gasteiger partial charge on any atom is 0.416 e. The van der Waals surface area contributed by atoms with Crippen molar-refractivity contribution in [1.82, 2.24) is 0 Å². The lowest BCUT2D eigenvalue weighted by Crippen LogP contribution is -2.14. The van der Waals surface area contributed by atoms with Gasteiger partial charge in [0, 0.05) is 11.6 Å². The van der Waals surface area contributed by atoms with E-state index >= 15 is 0 Å². The van der Waals surface area contributed by atoms with Crippen LogP contribution in [0.2, 0.25) is 0 Å². The van der Waals surface area contributed by atoms with Gasteiger partial charge in [-0.15, -0.1) is 0 Å². The van der Waals surface area contributed by atoms with E-state index in [1.165, 1.54) is 24.3 Å². The predicted molar refractivity (Wildman–Crippen MR) is 97.5 cm³/mol. The third kappa shape index (κ3) is 5.49. The topological polar surface area (TPSA) is 97.5 Å². The predicted octanol–water partition coefficient (Wildman–Crippen LogP) is 5.01. The second-order valence-electron chi connectivity index (χ2n) is 6.23. The Morgan fingerprint density at radius 3 is 2.30 bits per heavy atom. The average molecular weight is 425 g/mol. The molecule has 0 bridgehead atoms. The summed E-state index contributed by atoms with van der Waals surface area (Å²) in [6, 6.07) is 8.99. The zero-order valence-corrected chi connectivity index (χ0v) is 15.2. The van der Waals surface area contributed by atoms with Gasteiger partial charge in [-0.2, -0.15) is 13.2 Å². The first-order chi connectivity index (χ1) is 14.0. The summed E-state index contributed by atoms with van der Waals surface area (Å²) in [4.78, 5) is 33.5. The minimum atomic E-state index is -4.85. The minimum Gasteiger partial charge on any atom is -0.481 e. The Kier molecular flexibility index (Phi) is 7.04. The molecular weight excluding hydrogens is 410 g/mol. The summed E-state index contributed by atoms with van der Waals surface area (Å²) in [6.45, 7) is 0. The first-order valence-corrected chi connectivity index (χ1v) is 8.50. The van der Waals surface area contributed by atoms with Crippen LogP contribution in [0.1, 0.15) is 35.2 Å². The SMILES string of the molecule is O=C(/C=C/CC(C(=O)O)c1ccc(C(F)(F)F)cc1[N+](=O)[O-])C(F)c1ccccc1. The van der Waals surface area contributed by atoms with Crippen molar-refractivity contribution < 1.29 is 37.2 Å². The van der Waals surface area contributed by atoms with Gasteiger partial charge < -0.3 is 5.11 Å². The highest BCUT2D eigenvalue weighted by molar-refractivity contribution is 5.94. The molecule has 0 aliphatic heterocycles. The van der Waals surface area contributed by atoms with Crippen molar-refractivity contribution in [2.24, 2.45) is 0 Å². The van der Waals surface area contributed by atoms with E-state index in [2.05, 4.69) is 0 Å². The number of halogens is 4. The number of aliphatic carboxylic acids is 1. The second kappa shape index (κ2) is 9.29. The molecule has 0 saturated carbocycles. The number of rotatable bonds is 8. The quantitative estimate of drug-likeness (QED) is 0.278. The Labute approximate surface area is 167 Å². The largest absolute Gasteiger partial charge is 0.481 e. The van der Waals surface area contributed by atoms with E-state index in [-0.39, 0.29) is 11.6 Å². The van der Waals surface area contributed by atoms with Gasteiger partial charge in [-0.25, -0.2) is 4.39 Å². The molecule has 158 valence electrons. The molecule has 10 heteroatoms. The monoisotopic (exact) mass is 425 g/mol. The van der Waals surface area contributed by atoms with Crippen molar-refractivity contribution in [3.63, 3.8) is 0 Å². The van der Waals surface area contributed by atoms with Crippen LogP contribution in [0.4, 0.5) is 23.2 Å². The van der Waals surface area contributed by atoms with E-state index in [4.69, 9.17) is 0 Å². The van der Waals surface area contributed by atoms with Crippen molar-refractivity contribution in [2.75, 3.05) is 0 Å². The van der Waals surface area contributed by atoms with Crippen LogP contribution in [0.5, 0.6) is 0 Å². The van der Waals surface area contributed by atoms with Crippen LogP contribution >= 0.6 is 0 Å². The van der Waals surface area contributed by atoms with Crippen molar-refractivity contribution >= 4 is 17.4 Å². The molecular formula is C20H15F4NO5. The van der Waals surface area contributed by atoms with Gasteiger partial charge in [-0.05, 0) is 24.1 Å². The summed E-state index contributed by atoms with van der Waals surface area (Å²) in [5, 5.41) is 20.6. The molecule has 0 radical (unpaired) electrons. The summed E-state index contributed by atoms with van der Waals surface area (Å²) in [5.41, 5.74) is -2.67. The van der Waals surface area contributed by atoms with E-state index in [9.17, 15) is 42.4 Å². The van der Waals surface area contributed by atoms with Crippen molar-refractivity contribution in [3.8, 4) is 0 Å². The fraction of sp³-hybridized carbons (Fsp3) is 0.200. The highest BCUT2D eigenvalue weighted by Gasteiger charge is 2.35. The Balaban J connectivity index is 2.26. The molecule has 2 rings (SSSR count). The molecule has 30 heavy (non-hydrogen) atoms. The highest BCUT2D eigenvalue weighted by atomic mass is 19.4. The first-order valence-electron chi connectivity index (χ1n) is 8.50. The molecule has 1 N–H and O–H groups in total. The first kappa shape index (κ1) is 22.7. The zero-order chi connectivity index (χ0) is 22.5. The molecule has 0 saturated heterocycles. The molecule has 2 atom stereocenters. The van der Waals surface area contributed by atoms with Gasteiger partial charge in [0.15, 0.2) is 12.0 Å². The number of carbonyl (C=O) groups is 2. The van der Waals surface area contributed by atoms with Crippen molar-refractivity contribution in [2.45, 2.75) is 24.7 Å². The molecule has 0 amide bonds. The highest BCUT2D eigenvalue weighted by Crippen LogP contribution is 2.36. The number of ketones is 1. The molecule has 0 aliphatic carbocycles. The number of nitro benzene ring substituents is 1. The summed E-state index contributed by atoms with van der Waals surface area (Å²) in [6.07, 6.45) is -5.45. The number of alkyl halides is 4. The van der Waals surface area contributed by atoms with Gasteiger partial charge in [-0.1, -0.05) is 42.5 Å². The number of hydrogen-bond donors (Lipinski definition) is 1. The molecule has 2 unspecified atom stereocenters. The number of hydrogen-bond acceptors (Lipinski definition) is 4. The molecule has 0 heterocycles. The van der Waals surface area contributed by atoms with Crippen LogP contribution in [-0.4, -0.2) is 21.8 Å². The van der Waals surface area contributed by atoms with E-state index in [0.717, 1.165) is 18.2 Å². The number of nitrogens with zero attached hydrogens (tertiary/aromatic N) is 1. The Bertz CT molecular complexity index is 973. The van der Waals surface area contributed by atoms with Crippen LogP contribution in [0, 0.1) is 10.1 Å². The molecule has 0 aliphatic rings. The summed E-state index contributed by atoms with van der Waals surface area (Å²) in [5.74, 6) is -4.12. The number of benzene rings is 2. The molecule has 0 fully saturated rings. The van der Waals surface area contributed by atoms with Crippen LogP contribution in [0.15, 0.2) is 60.7 Å². The standard InChI is InChI=1S/C20H15F4NO5/c21-18(12-5-2-1-3-6-12)17(26)8-4-7-15(19(27)28)14-10-9-13(20(22,23)24)11-16(14)25(29)30/h1-6,8-11,15,18H,7H2,(H,27,28)/b8-4+. The van der Waals surface area contributed by atoms with Gasteiger partial charge in [0.05, 0.1) is 16.4 Å². The fourth-order valence-electron chi connectivity index (χ4n) is 2.72. The van der Waals surface area contributed by atoms with Crippen LogP contribution in [0.3, 0.4) is 0 Å². The lowest BCUT2D eigenvalue weighted by atomic mass is 9.92. The second-order valence-corrected chi connectivity index (χ2v) is 6.23. The van der Waals surface area contributed by atoms with Crippen LogP contribution in [0.25, 0.3) is 0 Å². The van der Waals surface area contributed by atoms with Crippen molar-refractivity contribution in [1.29, 1.82) is 0 Å². The summed E-state index contributed by atoms with van der Waals surface area (Å²) < 4.78 is 52.6. The minimum absolute atomic E-state index is 0.0975. The number of carbonyl (C=O) groups excluding carboxylic acids is 1. The normalized spacial score (nSPS) is 13.7. The lowest BCUT2D eigenvalue weighted by molar-refractivity contribution is -0.385. The van der Waals surface area contributed by atoms with Crippen LogP contribution < -0.4 is 0 Å². The summed E-state index contributed by atoms with van der Waals surface area (Å²) >= 11 is 0. The molecule has 0 spiro atoms. The fourth-order valence-corrected chi connectivity index (χ4v) is 2.72.